The Balaban J connectivity index is 1.26. The molecular weight excluding hydrogens is 453 g/mol. The van der Waals surface area contributed by atoms with Crippen LogP contribution < -0.4 is 5.32 Å². The molecule has 9 nitrogen and oxygen atoms in total. The molecule has 1 aliphatic heterocycles. The summed E-state index contributed by atoms with van der Waals surface area (Å²) in [7, 11) is 1.66. The summed E-state index contributed by atoms with van der Waals surface area (Å²) in [6.07, 6.45) is 0.399. The highest BCUT2D eigenvalue weighted by molar-refractivity contribution is 5.94. The van der Waals surface area contributed by atoms with Crippen molar-refractivity contribution < 1.29 is 23.2 Å². The highest BCUT2D eigenvalue weighted by Gasteiger charge is 2.15. The molecule has 2 amide bonds. The van der Waals surface area contributed by atoms with Crippen LogP contribution in [-0.2, 0) is 11.2 Å². The van der Waals surface area contributed by atoms with Crippen LogP contribution in [0.15, 0.2) is 53.1 Å². The number of ether oxygens (including phenoxy) is 1. The summed E-state index contributed by atoms with van der Waals surface area (Å²) in [5, 5.41) is 6.92. The van der Waals surface area contributed by atoms with Gasteiger partial charge in [-0.15, -0.1) is 0 Å². The molecule has 1 N–H and O–H groups in total. The monoisotopic (exact) mass is 481 g/mol. The topological polar surface area (TPSA) is 101 Å². The van der Waals surface area contributed by atoms with Gasteiger partial charge in [0.1, 0.15) is 5.82 Å². The second-order valence-corrected chi connectivity index (χ2v) is 8.29. The fourth-order valence-corrected chi connectivity index (χ4v) is 3.67. The summed E-state index contributed by atoms with van der Waals surface area (Å²) < 4.78 is 23.7. The van der Waals surface area contributed by atoms with Crippen molar-refractivity contribution in [1.29, 1.82) is 0 Å². The molecule has 0 unspecified atom stereocenters. The maximum atomic E-state index is 13.1. The van der Waals surface area contributed by atoms with Gasteiger partial charge in [-0.3, -0.25) is 14.5 Å². The zero-order valence-electron chi connectivity index (χ0n) is 19.6. The largest absolute Gasteiger partial charge is 0.379 e. The van der Waals surface area contributed by atoms with E-state index in [2.05, 4.69) is 20.4 Å². The predicted molar refractivity (Wildman–Crippen MR) is 126 cm³/mol. The lowest BCUT2D eigenvalue weighted by atomic mass is 10.1. The molecule has 1 aliphatic rings. The van der Waals surface area contributed by atoms with Crippen LogP contribution in [0, 0.1) is 5.82 Å². The Kier molecular flexibility index (Phi) is 8.17. The van der Waals surface area contributed by atoms with Gasteiger partial charge in [0.2, 0.25) is 0 Å². The maximum absolute atomic E-state index is 13.1. The van der Waals surface area contributed by atoms with E-state index in [-0.39, 0.29) is 17.6 Å². The molecule has 0 saturated carbocycles. The lowest BCUT2D eigenvalue weighted by molar-refractivity contribution is 0.0383. The van der Waals surface area contributed by atoms with Crippen molar-refractivity contribution >= 4 is 11.8 Å². The van der Waals surface area contributed by atoms with Crippen molar-refractivity contribution in [1.82, 2.24) is 25.3 Å². The molecule has 1 fully saturated rings. The molecule has 10 heteroatoms. The number of amides is 2. The quantitative estimate of drug-likeness (QED) is 0.500. The number of hydrogen-bond donors (Lipinski definition) is 1. The molecule has 2 heterocycles. The van der Waals surface area contributed by atoms with Gasteiger partial charge in [-0.2, -0.15) is 4.98 Å². The van der Waals surface area contributed by atoms with Gasteiger partial charge in [0.15, 0.2) is 5.82 Å². The number of nitrogens with zero attached hydrogens (tertiary/aromatic N) is 4. The first kappa shape index (κ1) is 24.5. The van der Waals surface area contributed by atoms with E-state index in [4.69, 9.17) is 9.26 Å². The highest BCUT2D eigenvalue weighted by Crippen LogP contribution is 2.18. The van der Waals surface area contributed by atoms with Crippen LogP contribution in [0.4, 0.5) is 4.39 Å². The van der Waals surface area contributed by atoms with Gasteiger partial charge in [-0.1, -0.05) is 5.16 Å². The lowest BCUT2D eigenvalue weighted by Crippen LogP contribution is -2.41. The molecule has 4 rings (SSSR count). The molecule has 0 spiro atoms. The Hall–Kier alpha value is -3.63. The van der Waals surface area contributed by atoms with Gasteiger partial charge in [0.05, 0.1) is 13.2 Å². The minimum atomic E-state index is -0.388. The number of halogens is 1. The second-order valence-electron chi connectivity index (χ2n) is 8.29. The molecule has 1 aromatic heterocycles. The van der Waals surface area contributed by atoms with Crippen molar-refractivity contribution in [2.45, 2.75) is 6.42 Å². The minimum Gasteiger partial charge on any atom is -0.379 e. The molecule has 2 aromatic carbocycles. The van der Waals surface area contributed by atoms with Gasteiger partial charge in [0, 0.05) is 62.9 Å². The van der Waals surface area contributed by atoms with E-state index in [1.54, 1.807) is 31.3 Å². The normalized spacial score (nSPS) is 14.0. The van der Waals surface area contributed by atoms with Crippen LogP contribution in [0.1, 0.15) is 26.5 Å². The van der Waals surface area contributed by atoms with Crippen LogP contribution >= 0.6 is 0 Å². The summed E-state index contributed by atoms with van der Waals surface area (Å²) in [5.41, 5.74) is 1.66. The molecule has 0 bridgehead atoms. The number of likely N-dealkylation sites (N-methyl/N-ethyl adjacent to an activating group) is 1. The number of aromatic nitrogens is 2. The molecule has 184 valence electrons. The summed E-state index contributed by atoms with van der Waals surface area (Å²) in [6, 6.07) is 12.4. The average molecular weight is 482 g/mol. The first-order chi connectivity index (χ1) is 17.0. The molecular formula is C25H28FN5O4. The van der Waals surface area contributed by atoms with Crippen LogP contribution in [0.5, 0.6) is 0 Å². The molecule has 3 aromatic rings. The first-order valence-corrected chi connectivity index (χ1v) is 11.5. The SMILES string of the molecule is CN(CCc1noc(-c2ccc(C(=O)NCCN3CCOCC3)cc2)n1)C(=O)c1ccc(F)cc1. The smallest absolute Gasteiger partial charge is 0.257 e. The molecule has 1 saturated heterocycles. The second kappa shape index (κ2) is 11.7. The summed E-state index contributed by atoms with van der Waals surface area (Å²) in [5.74, 6) is 0.0638. The summed E-state index contributed by atoms with van der Waals surface area (Å²) in [6.45, 7) is 4.98. The van der Waals surface area contributed by atoms with Crippen LogP contribution in [0.3, 0.4) is 0 Å². The summed E-state index contributed by atoms with van der Waals surface area (Å²) >= 11 is 0. The Morgan fingerprint density at radius 3 is 2.46 bits per heavy atom. The Morgan fingerprint density at radius 1 is 1.06 bits per heavy atom. The zero-order valence-corrected chi connectivity index (χ0v) is 19.6. The molecule has 0 atom stereocenters. The fourth-order valence-electron chi connectivity index (χ4n) is 3.67. The van der Waals surface area contributed by atoms with Gasteiger partial charge in [0.25, 0.3) is 17.7 Å². The summed E-state index contributed by atoms with van der Waals surface area (Å²) in [4.78, 5) is 33.0. The van der Waals surface area contributed by atoms with E-state index in [1.165, 1.54) is 29.2 Å². The average Bonchev–Trinajstić information content (AvgIpc) is 3.37. The molecule has 35 heavy (non-hydrogen) atoms. The van der Waals surface area contributed by atoms with Crippen molar-refractivity contribution in [3.63, 3.8) is 0 Å². The number of morpholine rings is 1. The number of rotatable bonds is 9. The standard InChI is InChI=1S/C25H28FN5O4/c1-30(25(33)20-6-8-21(26)9-7-20)12-10-22-28-24(35-29-22)19-4-2-18(3-5-19)23(32)27-11-13-31-14-16-34-17-15-31/h2-9H,10-17H2,1H3,(H,27,32). The number of hydrogen-bond acceptors (Lipinski definition) is 7. The predicted octanol–water partition coefficient (Wildman–Crippen LogP) is 2.25. The first-order valence-electron chi connectivity index (χ1n) is 11.5. The van der Waals surface area contributed by atoms with E-state index in [1.807, 2.05) is 0 Å². The Morgan fingerprint density at radius 2 is 1.74 bits per heavy atom. The van der Waals surface area contributed by atoms with E-state index >= 15 is 0 Å². The third-order valence-corrected chi connectivity index (χ3v) is 5.79. The molecule has 0 aliphatic carbocycles. The van der Waals surface area contributed by atoms with Crippen LogP contribution in [-0.4, -0.2) is 84.7 Å². The van der Waals surface area contributed by atoms with E-state index < -0.39 is 0 Å². The van der Waals surface area contributed by atoms with Crippen LogP contribution in [0.2, 0.25) is 0 Å². The number of nitrogens with one attached hydrogen (secondary N) is 1. The molecule has 0 radical (unpaired) electrons. The van der Waals surface area contributed by atoms with Gasteiger partial charge in [-0.25, -0.2) is 4.39 Å². The maximum Gasteiger partial charge on any atom is 0.257 e. The Labute approximate surface area is 202 Å². The van der Waals surface area contributed by atoms with E-state index in [0.717, 1.165) is 32.8 Å². The number of carbonyl (C=O) groups is 2. The Bertz CT molecular complexity index is 1130. The zero-order chi connectivity index (χ0) is 24.6. The van der Waals surface area contributed by atoms with Gasteiger partial charge < -0.3 is 19.5 Å². The van der Waals surface area contributed by atoms with Gasteiger partial charge in [-0.05, 0) is 48.5 Å². The van der Waals surface area contributed by atoms with E-state index in [9.17, 15) is 14.0 Å². The van der Waals surface area contributed by atoms with Crippen molar-refractivity contribution in [2.24, 2.45) is 0 Å². The van der Waals surface area contributed by atoms with E-state index in [0.29, 0.717) is 47.9 Å². The van der Waals surface area contributed by atoms with Crippen molar-refractivity contribution in [3.05, 3.63) is 71.3 Å². The third kappa shape index (κ3) is 6.71. The van der Waals surface area contributed by atoms with Crippen molar-refractivity contribution in [3.8, 4) is 11.5 Å². The third-order valence-electron chi connectivity index (χ3n) is 5.79. The lowest BCUT2D eigenvalue weighted by Gasteiger charge is -2.26. The van der Waals surface area contributed by atoms with Crippen LogP contribution in [0.25, 0.3) is 11.5 Å². The number of carbonyl (C=O) groups excluding carboxylic acids is 2. The van der Waals surface area contributed by atoms with Gasteiger partial charge >= 0.3 is 0 Å². The van der Waals surface area contributed by atoms with Crippen molar-refractivity contribution in [2.75, 3.05) is 53.0 Å². The highest BCUT2D eigenvalue weighted by atomic mass is 19.1. The number of benzene rings is 2. The minimum absolute atomic E-state index is 0.134. The fraction of sp³-hybridized carbons (Fsp3) is 0.360.